The molecule has 0 amide bonds. The third-order valence-electron chi connectivity index (χ3n) is 6.05. The van der Waals surface area contributed by atoms with Crippen LogP contribution in [0.1, 0.15) is 29.0 Å². The van der Waals surface area contributed by atoms with Gasteiger partial charge in [0.2, 0.25) is 6.79 Å². The Morgan fingerprint density at radius 2 is 1.72 bits per heavy atom. The molecule has 0 N–H and O–H groups in total. The van der Waals surface area contributed by atoms with Crippen LogP contribution < -0.4 is 19.8 Å². The zero-order valence-electron chi connectivity index (χ0n) is 17.2. The first-order valence-corrected chi connectivity index (χ1v) is 10.4. The normalized spacial score (nSPS) is 16.7. The number of fused-ring (bicyclic) bond motifs is 4. The minimum absolute atomic E-state index is 0.186. The minimum atomic E-state index is -0.454. The molecule has 4 aromatic rings. The highest BCUT2D eigenvalue weighted by Gasteiger charge is 2.34. The Morgan fingerprint density at radius 3 is 2.56 bits per heavy atom. The lowest BCUT2D eigenvalue weighted by Crippen LogP contribution is -2.22. The lowest BCUT2D eigenvalue weighted by Gasteiger charge is -2.28. The van der Waals surface area contributed by atoms with Gasteiger partial charge in [-0.25, -0.2) is 4.79 Å². The van der Waals surface area contributed by atoms with Crippen LogP contribution >= 0.6 is 0 Å². The number of aryl methyl sites for hydroxylation is 1. The maximum Gasteiger partial charge on any atom is 0.336 e. The summed E-state index contributed by atoms with van der Waals surface area (Å²) in [4.78, 5) is 25.1. The van der Waals surface area contributed by atoms with Crippen molar-refractivity contribution in [2.45, 2.75) is 19.3 Å². The molecule has 0 saturated carbocycles. The second-order valence-corrected chi connectivity index (χ2v) is 8.00. The highest BCUT2D eigenvalue weighted by Crippen LogP contribution is 2.48. The summed E-state index contributed by atoms with van der Waals surface area (Å²) in [6, 6.07) is 18.6. The van der Waals surface area contributed by atoms with Crippen LogP contribution in [0.5, 0.6) is 17.2 Å². The molecule has 6 rings (SSSR count). The van der Waals surface area contributed by atoms with E-state index < -0.39 is 5.63 Å². The molecule has 6 nitrogen and oxygen atoms in total. The fourth-order valence-corrected chi connectivity index (χ4v) is 4.66. The van der Waals surface area contributed by atoms with Gasteiger partial charge in [0.25, 0.3) is 0 Å². The Hall–Kier alpha value is -4.06. The van der Waals surface area contributed by atoms with Gasteiger partial charge in [-0.15, -0.1) is 0 Å². The first-order chi connectivity index (χ1) is 15.6. The number of benzene rings is 3. The Morgan fingerprint density at radius 1 is 0.906 bits per heavy atom. The number of hydrogen-bond acceptors (Lipinski definition) is 6. The molecule has 3 heterocycles. The molecule has 3 aromatic carbocycles. The van der Waals surface area contributed by atoms with E-state index in [1.807, 2.05) is 61.5 Å². The van der Waals surface area contributed by atoms with E-state index in [1.54, 1.807) is 0 Å². The maximum absolute atomic E-state index is 12.7. The lowest BCUT2D eigenvalue weighted by molar-refractivity contribution is -0.135. The minimum Gasteiger partial charge on any atom is -0.454 e. The van der Waals surface area contributed by atoms with Crippen LogP contribution in [0.3, 0.4) is 0 Å². The zero-order valence-corrected chi connectivity index (χ0v) is 17.2. The topological polar surface area (TPSA) is 75.0 Å². The summed E-state index contributed by atoms with van der Waals surface area (Å²) in [6.07, 6.45) is 0.205. The average molecular weight is 426 g/mol. The third-order valence-corrected chi connectivity index (χ3v) is 6.05. The van der Waals surface area contributed by atoms with Gasteiger partial charge >= 0.3 is 11.6 Å². The molecule has 0 radical (unpaired) electrons. The van der Waals surface area contributed by atoms with Gasteiger partial charge in [0.15, 0.2) is 11.5 Å². The van der Waals surface area contributed by atoms with Crippen LogP contribution in [0.4, 0.5) is 0 Å². The molecule has 0 fully saturated rings. The molecule has 1 atom stereocenters. The quantitative estimate of drug-likeness (QED) is 0.257. The molecule has 0 bridgehead atoms. The van der Waals surface area contributed by atoms with Gasteiger partial charge in [0.1, 0.15) is 11.3 Å². The maximum atomic E-state index is 12.7. The number of hydrogen-bond donors (Lipinski definition) is 0. The van der Waals surface area contributed by atoms with E-state index in [-0.39, 0.29) is 25.1 Å². The Kier molecular flexibility index (Phi) is 4.08. The van der Waals surface area contributed by atoms with Gasteiger partial charge < -0.3 is 18.6 Å². The Balaban J connectivity index is 1.64. The van der Waals surface area contributed by atoms with Crippen molar-refractivity contribution < 1.29 is 23.4 Å². The van der Waals surface area contributed by atoms with Crippen molar-refractivity contribution in [1.82, 2.24) is 0 Å². The molecule has 1 aromatic heterocycles. The van der Waals surface area contributed by atoms with E-state index in [0.717, 1.165) is 22.3 Å². The highest BCUT2D eigenvalue weighted by atomic mass is 16.7. The standard InChI is InChI=1S/C26H18O6/c1-14-9-21-25(17(11-22(27)31-21)15-5-3-2-4-6-15)26-24(14)18(12-23(28)32-26)16-7-8-19-20(10-16)30-13-29-19/h2-11,18H,12-13H2,1H3/t18-/m0/s1. The number of carbonyl (C=O) groups is 1. The van der Waals surface area contributed by atoms with Crippen molar-refractivity contribution in [3.8, 4) is 28.4 Å². The van der Waals surface area contributed by atoms with Gasteiger partial charge in [-0.1, -0.05) is 36.4 Å². The van der Waals surface area contributed by atoms with Gasteiger partial charge in [-0.2, -0.15) is 0 Å². The van der Waals surface area contributed by atoms with Gasteiger partial charge in [-0.3, -0.25) is 4.79 Å². The van der Waals surface area contributed by atoms with E-state index in [2.05, 4.69) is 0 Å². The summed E-state index contributed by atoms with van der Waals surface area (Å²) < 4.78 is 22.3. The predicted molar refractivity (Wildman–Crippen MR) is 117 cm³/mol. The number of ether oxygens (including phenoxy) is 3. The molecule has 2 aliphatic rings. The molecular weight excluding hydrogens is 408 g/mol. The van der Waals surface area contributed by atoms with E-state index in [0.29, 0.717) is 33.8 Å². The summed E-state index contributed by atoms with van der Waals surface area (Å²) >= 11 is 0. The molecule has 0 saturated heterocycles. The smallest absolute Gasteiger partial charge is 0.336 e. The summed E-state index contributed by atoms with van der Waals surface area (Å²) in [6.45, 7) is 2.12. The summed E-state index contributed by atoms with van der Waals surface area (Å²) in [5.74, 6) is 1.24. The Bertz CT molecular complexity index is 1450. The fraction of sp³-hybridized carbons (Fsp3) is 0.154. The molecular formula is C26H18O6. The second kappa shape index (κ2) is 6.99. The third kappa shape index (κ3) is 2.87. The zero-order chi connectivity index (χ0) is 21.8. The van der Waals surface area contributed by atoms with Crippen LogP contribution in [0.15, 0.2) is 69.9 Å². The van der Waals surface area contributed by atoms with Crippen LogP contribution in [0.2, 0.25) is 0 Å². The van der Waals surface area contributed by atoms with Crippen molar-refractivity contribution in [2.24, 2.45) is 0 Å². The number of rotatable bonds is 2. The highest BCUT2D eigenvalue weighted by molar-refractivity contribution is 6.01. The number of esters is 1. The first-order valence-electron chi connectivity index (χ1n) is 10.4. The van der Waals surface area contributed by atoms with Crippen molar-refractivity contribution in [2.75, 3.05) is 6.79 Å². The molecule has 0 aliphatic carbocycles. The summed E-state index contributed by atoms with van der Waals surface area (Å²) in [5, 5.41) is 0.621. The van der Waals surface area contributed by atoms with Crippen molar-refractivity contribution in [1.29, 1.82) is 0 Å². The summed E-state index contributed by atoms with van der Waals surface area (Å²) in [7, 11) is 0. The van der Waals surface area contributed by atoms with Crippen molar-refractivity contribution in [3.63, 3.8) is 0 Å². The SMILES string of the molecule is Cc1cc2oc(=O)cc(-c3ccccc3)c2c2c1[C@H](c1ccc3c(c1)OCO3)CC(=O)O2. The van der Waals surface area contributed by atoms with Crippen LogP contribution in [-0.2, 0) is 4.79 Å². The van der Waals surface area contributed by atoms with Crippen molar-refractivity contribution >= 4 is 16.9 Å². The average Bonchev–Trinajstić information content (AvgIpc) is 3.26. The van der Waals surface area contributed by atoms with Crippen molar-refractivity contribution in [3.05, 3.63) is 87.8 Å². The monoisotopic (exact) mass is 426 g/mol. The largest absolute Gasteiger partial charge is 0.454 e. The van der Waals surface area contributed by atoms with E-state index in [4.69, 9.17) is 18.6 Å². The molecule has 2 aliphatic heterocycles. The molecule has 6 heteroatoms. The summed E-state index contributed by atoms with van der Waals surface area (Å²) in [5.41, 5.74) is 4.19. The van der Waals surface area contributed by atoms with Gasteiger partial charge in [0.05, 0.1) is 11.8 Å². The van der Waals surface area contributed by atoms with Gasteiger partial charge in [-0.05, 0) is 41.8 Å². The molecule has 158 valence electrons. The molecule has 32 heavy (non-hydrogen) atoms. The van der Waals surface area contributed by atoms with Gasteiger partial charge in [0, 0.05) is 23.1 Å². The Labute approximate surface area is 183 Å². The first kappa shape index (κ1) is 18.7. The van der Waals surface area contributed by atoms with Crippen LogP contribution in [0.25, 0.3) is 22.1 Å². The molecule has 0 unspecified atom stereocenters. The van der Waals surface area contributed by atoms with Crippen LogP contribution in [-0.4, -0.2) is 12.8 Å². The molecule has 0 spiro atoms. The lowest BCUT2D eigenvalue weighted by atomic mass is 9.82. The van der Waals surface area contributed by atoms with E-state index >= 15 is 0 Å². The van der Waals surface area contributed by atoms with E-state index in [1.165, 1.54) is 6.07 Å². The predicted octanol–water partition coefficient (Wildman–Crippen LogP) is 4.94. The second-order valence-electron chi connectivity index (χ2n) is 8.00. The fourth-order valence-electron chi connectivity index (χ4n) is 4.66. The van der Waals surface area contributed by atoms with E-state index in [9.17, 15) is 9.59 Å². The number of carbonyl (C=O) groups excluding carboxylic acids is 1. The van der Waals surface area contributed by atoms with Crippen LogP contribution in [0, 0.1) is 6.92 Å².